The van der Waals surface area contributed by atoms with Crippen molar-refractivity contribution >= 4 is 46.0 Å². The molecule has 1 fully saturated rings. The topological polar surface area (TPSA) is 100.0 Å². The second-order valence-electron chi connectivity index (χ2n) is 7.64. The van der Waals surface area contributed by atoms with Crippen LogP contribution < -0.4 is 20.4 Å². The fourth-order valence-corrected chi connectivity index (χ4v) is 3.99. The van der Waals surface area contributed by atoms with Gasteiger partial charge in [0.2, 0.25) is 0 Å². The van der Waals surface area contributed by atoms with E-state index in [-0.39, 0.29) is 16.4 Å². The summed E-state index contributed by atoms with van der Waals surface area (Å²) in [6.45, 7) is 10.1. The molecule has 0 saturated carbocycles. The number of benzene rings is 2. The number of carbonyl (C=O) groups excluding carboxylic acids is 1. The van der Waals surface area contributed by atoms with E-state index in [0.29, 0.717) is 32.0 Å². The smallest absolute Gasteiger partial charge is 0.293 e. The van der Waals surface area contributed by atoms with Crippen LogP contribution >= 0.6 is 12.2 Å². The van der Waals surface area contributed by atoms with E-state index >= 15 is 0 Å². The van der Waals surface area contributed by atoms with Crippen LogP contribution in [0.5, 0.6) is 0 Å². The summed E-state index contributed by atoms with van der Waals surface area (Å²) in [5.41, 5.74) is 3.41. The number of nitrogens with one attached hydrogen (secondary N) is 2. The average Bonchev–Trinajstić information content (AvgIpc) is 2.81. The number of nitrogens with zero attached hydrogens (tertiary/aromatic N) is 3. The minimum atomic E-state index is -0.512. The number of thiocarbonyl (C=S) groups is 1. The molecule has 0 bridgehead atoms. The quantitative estimate of drug-likeness (QED) is 0.358. The Morgan fingerprint density at radius 3 is 2.48 bits per heavy atom. The largest absolute Gasteiger partial charge is 0.378 e. The molecule has 3 rings (SSSR count). The lowest BCUT2D eigenvalue weighted by Crippen LogP contribution is -2.37. The van der Waals surface area contributed by atoms with Crippen LogP contribution in [0.25, 0.3) is 0 Å². The summed E-state index contributed by atoms with van der Waals surface area (Å²) in [7, 11) is 0. The van der Waals surface area contributed by atoms with E-state index in [1.165, 1.54) is 6.07 Å². The second kappa shape index (κ2) is 11.1. The minimum Gasteiger partial charge on any atom is -0.378 e. The molecule has 0 atom stereocenters. The summed E-state index contributed by atoms with van der Waals surface area (Å²) in [6, 6.07) is 10.4. The molecule has 1 heterocycles. The number of ether oxygens (including phenoxy) is 1. The van der Waals surface area contributed by atoms with E-state index in [2.05, 4.69) is 35.4 Å². The number of carbonyl (C=O) groups is 1. The highest BCUT2D eigenvalue weighted by Gasteiger charge is 2.23. The normalized spacial score (nSPS) is 13.4. The van der Waals surface area contributed by atoms with Crippen molar-refractivity contribution in [2.45, 2.75) is 20.8 Å². The zero-order valence-corrected chi connectivity index (χ0v) is 19.9. The zero-order valence-electron chi connectivity index (χ0n) is 19.1. The Bertz CT molecular complexity index is 1040. The van der Waals surface area contributed by atoms with Crippen molar-refractivity contribution in [2.24, 2.45) is 0 Å². The first kappa shape index (κ1) is 24.4. The molecule has 2 N–H and O–H groups in total. The maximum absolute atomic E-state index is 12.7. The highest BCUT2D eigenvalue weighted by molar-refractivity contribution is 7.80. The maximum Gasteiger partial charge on any atom is 0.293 e. The summed E-state index contributed by atoms with van der Waals surface area (Å²) >= 11 is 5.31. The molecular weight excluding hydrogens is 442 g/mol. The molecule has 1 aliphatic heterocycles. The summed E-state index contributed by atoms with van der Waals surface area (Å²) in [5, 5.41) is 17.4. The molecule has 0 radical (unpaired) electrons. The Labute approximate surface area is 198 Å². The summed E-state index contributed by atoms with van der Waals surface area (Å²) < 4.78 is 5.31. The lowest BCUT2D eigenvalue weighted by Gasteiger charge is -2.28. The monoisotopic (exact) mass is 471 g/mol. The molecule has 0 unspecified atom stereocenters. The molecule has 9 nitrogen and oxygen atoms in total. The van der Waals surface area contributed by atoms with E-state index in [1.54, 1.807) is 12.1 Å². The van der Waals surface area contributed by atoms with Crippen LogP contribution in [0.2, 0.25) is 0 Å². The van der Waals surface area contributed by atoms with E-state index in [4.69, 9.17) is 17.0 Å². The van der Waals surface area contributed by atoms with E-state index in [1.807, 2.05) is 24.0 Å². The molecule has 10 heteroatoms. The van der Waals surface area contributed by atoms with Crippen molar-refractivity contribution in [3.05, 3.63) is 57.6 Å². The van der Waals surface area contributed by atoms with Gasteiger partial charge in [-0.3, -0.25) is 20.2 Å². The number of hydrogen-bond donors (Lipinski definition) is 2. The highest BCUT2D eigenvalue weighted by atomic mass is 32.1. The minimum absolute atomic E-state index is 0.119. The lowest BCUT2D eigenvalue weighted by molar-refractivity contribution is -0.384. The second-order valence-corrected chi connectivity index (χ2v) is 8.05. The molecular formula is C23H29N5O4S. The van der Waals surface area contributed by atoms with Gasteiger partial charge in [0, 0.05) is 49.2 Å². The molecule has 0 spiro atoms. The van der Waals surface area contributed by atoms with E-state index in [9.17, 15) is 14.9 Å². The Balaban J connectivity index is 1.70. The molecule has 0 aromatic heterocycles. The van der Waals surface area contributed by atoms with Gasteiger partial charge in [-0.15, -0.1) is 0 Å². The van der Waals surface area contributed by atoms with Crippen LogP contribution in [0, 0.1) is 17.0 Å². The van der Waals surface area contributed by atoms with E-state index in [0.717, 1.165) is 30.0 Å². The number of nitro groups is 1. The Hall–Kier alpha value is -3.24. The van der Waals surface area contributed by atoms with Gasteiger partial charge in [0.05, 0.1) is 18.1 Å². The summed E-state index contributed by atoms with van der Waals surface area (Å²) in [5.74, 6) is -0.512. The fraction of sp³-hybridized carbons (Fsp3) is 0.391. The number of aryl methyl sites for hydroxylation is 1. The van der Waals surface area contributed by atoms with Gasteiger partial charge < -0.3 is 19.9 Å². The van der Waals surface area contributed by atoms with Crippen LogP contribution in [0.4, 0.5) is 22.7 Å². The van der Waals surface area contributed by atoms with Crippen molar-refractivity contribution < 1.29 is 14.5 Å². The number of morpholine rings is 1. The first-order chi connectivity index (χ1) is 15.8. The molecule has 2 aromatic rings. The maximum atomic E-state index is 12.7. The first-order valence-corrected chi connectivity index (χ1v) is 11.3. The fourth-order valence-electron chi connectivity index (χ4n) is 3.78. The summed E-state index contributed by atoms with van der Waals surface area (Å²) in [4.78, 5) is 28.0. The van der Waals surface area contributed by atoms with Gasteiger partial charge >= 0.3 is 0 Å². The first-order valence-electron chi connectivity index (χ1n) is 10.9. The van der Waals surface area contributed by atoms with Crippen LogP contribution in [0.3, 0.4) is 0 Å². The Kier molecular flexibility index (Phi) is 8.18. The zero-order chi connectivity index (χ0) is 24.0. The van der Waals surface area contributed by atoms with Crippen molar-refractivity contribution in [3.8, 4) is 0 Å². The number of nitro benzene ring substituents is 1. The van der Waals surface area contributed by atoms with Gasteiger partial charge in [0.1, 0.15) is 5.69 Å². The van der Waals surface area contributed by atoms with Gasteiger partial charge in [-0.05, 0) is 68.9 Å². The average molecular weight is 472 g/mol. The number of hydrogen-bond acceptors (Lipinski definition) is 7. The molecule has 176 valence electrons. The lowest BCUT2D eigenvalue weighted by atomic mass is 10.1. The van der Waals surface area contributed by atoms with Crippen molar-refractivity contribution in [1.29, 1.82) is 0 Å². The molecule has 1 amide bonds. The number of anilines is 3. The molecule has 33 heavy (non-hydrogen) atoms. The summed E-state index contributed by atoms with van der Waals surface area (Å²) in [6.07, 6.45) is 0. The molecule has 1 aliphatic rings. The van der Waals surface area contributed by atoms with Crippen molar-refractivity contribution in [1.82, 2.24) is 5.32 Å². The molecule has 1 saturated heterocycles. The number of amides is 1. The van der Waals surface area contributed by atoms with Gasteiger partial charge in [-0.25, -0.2) is 0 Å². The van der Waals surface area contributed by atoms with Gasteiger partial charge in [-0.1, -0.05) is 0 Å². The SMILES string of the molecule is CCN(CC)c1ccc(NC(=S)NC(=O)c2ccc(N3CCOCC3)c([N+](=O)[O-])c2)c(C)c1. The number of rotatable bonds is 7. The Morgan fingerprint density at radius 1 is 1.18 bits per heavy atom. The van der Waals surface area contributed by atoms with Crippen molar-refractivity contribution in [3.63, 3.8) is 0 Å². The predicted octanol–water partition coefficient (Wildman–Crippen LogP) is 3.71. The van der Waals surface area contributed by atoms with Crippen LogP contribution in [0.1, 0.15) is 29.8 Å². The third kappa shape index (κ3) is 5.96. The van der Waals surface area contributed by atoms with Gasteiger partial charge in [-0.2, -0.15) is 0 Å². The molecule has 2 aromatic carbocycles. The van der Waals surface area contributed by atoms with Gasteiger partial charge in [0.25, 0.3) is 11.6 Å². The van der Waals surface area contributed by atoms with E-state index < -0.39 is 10.8 Å². The van der Waals surface area contributed by atoms with Crippen molar-refractivity contribution in [2.75, 3.05) is 54.5 Å². The standard InChI is InChI=1S/C23H29N5O4S/c1-4-26(5-2)18-7-8-19(16(3)14-18)24-23(33)25-22(29)17-6-9-20(21(15-17)28(30)31)27-10-12-32-13-11-27/h6-9,14-15H,4-5,10-13H2,1-3H3,(H2,24,25,29,33). The van der Waals surface area contributed by atoms with Crippen LogP contribution in [-0.2, 0) is 4.74 Å². The highest BCUT2D eigenvalue weighted by Crippen LogP contribution is 2.30. The van der Waals surface area contributed by atoms with Gasteiger partial charge in [0.15, 0.2) is 5.11 Å². The molecule has 0 aliphatic carbocycles. The van der Waals surface area contributed by atoms with Crippen LogP contribution in [-0.4, -0.2) is 55.3 Å². The Morgan fingerprint density at radius 2 is 1.88 bits per heavy atom. The third-order valence-electron chi connectivity index (χ3n) is 5.60. The van der Waals surface area contributed by atoms with Crippen LogP contribution in [0.15, 0.2) is 36.4 Å². The third-order valence-corrected chi connectivity index (χ3v) is 5.80. The predicted molar refractivity (Wildman–Crippen MR) is 135 cm³/mol.